The molecule has 2 aromatic carbocycles. The van der Waals surface area contributed by atoms with Crippen molar-refractivity contribution in [2.24, 2.45) is 0 Å². The summed E-state index contributed by atoms with van der Waals surface area (Å²) in [6.45, 7) is 0. The van der Waals surface area contributed by atoms with Crippen molar-refractivity contribution >= 4 is 37.8 Å². The fraction of sp³-hybridized carbons (Fsp3) is 0.133. The minimum Gasteiger partial charge on any atom is -0.478 e. The molecule has 0 heterocycles. The van der Waals surface area contributed by atoms with Gasteiger partial charge in [0.15, 0.2) is 0 Å². The van der Waals surface area contributed by atoms with Crippen LogP contribution in [0.15, 0.2) is 42.5 Å². The van der Waals surface area contributed by atoms with Crippen LogP contribution in [0.5, 0.6) is 0 Å². The van der Waals surface area contributed by atoms with Crippen LogP contribution in [0.4, 0.5) is 0 Å². The van der Waals surface area contributed by atoms with Gasteiger partial charge in [-0.15, -0.1) is 0 Å². The van der Waals surface area contributed by atoms with Crippen LogP contribution in [0.25, 0.3) is 11.1 Å². The third kappa shape index (κ3) is 1.94. The zero-order valence-electron chi connectivity index (χ0n) is 9.81. The third-order valence-electron chi connectivity index (χ3n) is 3.41. The Bertz CT molecular complexity index is 667. The van der Waals surface area contributed by atoms with E-state index in [4.69, 9.17) is 0 Å². The van der Waals surface area contributed by atoms with Crippen molar-refractivity contribution in [3.8, 4) is 11.1 Å². The first-order chi connectivity index (χ1) is 9.11. The number of rotatable bonds is 1. The number of carbonyl (C=O) groups is 1. The molecule has 0 radical (unpaired) electrons. The highest BCUT2D eigenvalue weighted by atomic mass is 79.9. The predicted octanol–water partition coefficient (Wildman–Crippen LogP) is 4.94. The van der Waals surface area contributed by atoms with E-state index in [1.165, 1.54) is 0 Å². The predicted molar refractivity (Wildman–Crippen MR) is 82.2 cm³/mol. The molecule has 2 aromatic rings. The van der Waals surface area contributed by atoms with E-state index in [2.05, 4.69) is 31.9 Å². The van der Waals surface area contributed by atoms with Crippen LogP contribution in [0.3, 0.4) is 0 Å². The second-order valence-corrected chi connectivity index (χ2v) is 6.44. The van der Waals surface area contributed by atoms with Gasteiger partial charge in [-0.1, -0.05) is 68.3 Å². The Morgan fingerprint density at radius 1 is 0.947 bits per heavy atom. The maximum absolute atomic E-state index is 11.4. The van der Waals surface area contributed by atoms with Gasteiger partial charge in [-0.05, 0) is 22.8 Å². The first-order valence-electron chi connectivity index (χ1n) is 5.85. The molecule has 0 aliphatic heterocycles. The van der Waals surface area contributed by atoms with E-state index in [9.17, 15) is 9.90 Å². The van der Waals surface area contributed by atoms with Gasteiger partial charge in [0.05, 0.1) is 15.2 Å². The molecule has 0 saturated heterocycles. The molecule has 0 aromatic heterocycles. The molecule has 0 amide bonds. The third-order valence-corrected chi connectivity index (χ3v) is 6.16. The van der Waals surface area contributed by atoms with Gasteiger partial charge in [-0.3, -0.25) is 0 Å². The average molecular weight is 382 g/mol. The lowest BCUT2D eigenvalue weighted by atomic mass is 9.83. The van der Waals surface area contributed by atoms with Crippen LogP contribution >= 0.6 is 31.9 Å². The number of hydrogen-bond acceptors (Lipinski definition) is 1. The lowest BCUT2D eigenvalue weighted by molar-refractivity contribution is 0.0697. The summed E-state index contributed by atoms with van der Waals surface area (Å²) in [6.07, 6.45) is 0. The average Bonchev–Trinajstić information content (AvgIpc) is 2.44. The standard InChI is InChI=1S/C15H10Br2O2/c16-13-9-5-2-1-4-8(9)12-10(14(13)17)6-3-7-11(12)15(18)19/h1-7,13-14H,(H,18,19). The van der Waals surface area contributed by atoms with E-state index in [1.807, 2.05) is 30.3 Å². The molecule has 0 saturated carbocycles. The largest absolute Gasteiger partial charge is 0.478 e. The second-order valence-electron chi connectivity index (χ2n) is 4.47. The number of hydrogen-bond donors (Lipinski definition) is 1. The molecular weight excluding hydrogens is 372 g/mol. The molecule has 1 N–H and O–H groups in total. The van der Waals surface area contributed by atoms with Gasteiger partial charge in [0.2, 0.25) is 0 Å². The maximum atomic E-state index is 11.4. The van der Waals surface area contributed by atoms with E-state index in [-0.39, 0.29) is 9.65 Å². The molecule has 0 fully saturated rings. The van der Waals surface area contributed by atoms with Crippen LogP contribution in [-0.2, 0) is 0 Å². The molecule has 0 spiro atoms. The zero-order chi connectivity index (χ0) is 13.6. The van der Waals surface area contributed by atoms with Crippen molar-refractivity contribution in [3.05, 3.63) is 59.2 Å². The number of carboxylic acids is 1. The number of alkyl halides is 2. The summed E-state index contributed by atoms with van der Waals surface area (Å²) in [4.78, 5) is 11.6. The van der Waals surface area contributed by atoms with Crippen molar-refractivity contribution in [3.63, 3.8) is 0 Å². The first-order valence-corrected chi connectivity index (χ1v) is 7.68. The van der Waals surface area contributed by atoms with Crippen molar-refractivity contribution in [2.45, 2.75) is 9.65 Å². The van der Waals surface area contributed by atoms with Crippen molar-refractivity contribution in [1.29, 1.82) is 0 Å². The van der Waals surface area contributed by atoms with E-state index >= 15 is 0 Å². The highest BCUT2D eigenvalue weighted by molar-refractivity contribution is 9.12. The minimum atomic E-state index is -0.889. The first kappa shape index (κ1) is 12.9. The molecule has 4 heteroatoms. The molecule has 2 unspecified atom stereocenters. The van der Waals surface area contributed by atoms with Gasteiger partial charge in [0, 0.05) is 5.56 Å². The highest BCUT2D eigenvalue weighted by Crippen LogP contribution is 2.53. The second kappa shape index (κ2) is 4.76. The van der Waals surface area contributed by atoms with Crippen LogP contribution in [0, 0.1) is 0 Å². The van der Waals surface area contributed by atoms with Crippen molar-refractivity contribution in [2.75, 3.05) is 0 Å². The van der Waals surface area contributed by atoms with Crippen molar-refractivity contribution < 1.29 is 9.90 Å². The van der Waals surface area contributed by atoms with Gasteiger partial charge in [0.25, 0.3) is 0 Å². The minimum absolute atomic E-state index is 0.0664. The Morgan fingerprint density at radius 2 is 1.58 bits per heavy atom. The van der Waals surface area contributed by atoms with Gasteiger partial charge >= 0.3 is 5.97 Å². The number of aromatic carboxylic acids is 1. The zero-order valence-corrected chi connectivity index (χ0v) is 13.0. The fourth-order valence-corrected chi connectivity index (χ4v) is 3.91. The lowest BCUT2D eigenvalue weighted by Gasteiger charge is -2.29. The highest BCUT2D eigenvalue weighted by Gasteiger charge is 2.32. The maximum Gasteiger partial charge on any atom is 0.336 e. The van der Waals surface area contributed by atoms with Crippen LogP contribution < -0.4 is 0 Å². The quantitative estimate of drug-likeness (QED) is 0.710. The summed E-state index contributed by atoms with van der Waals surface area (Å²) < 4.78 is 0. The Hall–Kier alpha value is -1.13. The van der Waals surface area contributed by atoms with Crippen LogP contribution in [0.2, 0.25) is 0 Å². The number of benzene rings is 2. The summed E-state index contributed by atoms with van der Waals surface area (Å²) in [7, 11) is 0. The van der Waals surface area contributed by atoms with Crippen LogP contribution in [-0.4, -0.2) is 11.1 Å². The molecule has 2 nitrogen and oxygen atoms in total. The SMILES string of the molecule is O=C(O)c1cccc2c1-c1ccccc1C(Br)C2Br. The lowest BCUT2D eigenvalue weighted by Crippen LogP contribution is -2.12. The monoisotopic (exact) mass is 380 g/mol. The summed E-state index contributed by atoms with van der Waals surface area (Å²) in [5.41, 5.74) is 4.30. The van der Waals surface area contributed by atoms with Crippen molar-refractivity contribution in [1.82, 2.24) is 0 Å². The summed E-state index contributed by atoms with van der Waals surface area (Å²) in [5.74, 6) is -0.889. The number of halogens is 2. The molecule has 1 aliphatic rings. The van der Waals surface area contributed by atoms with Gasteiger partial charge in [0.1, 0.15) is 0 Å². The Kier molecular flexibility index (Phi) is 3.23. The fourth-order valence-electron chi connectivity index (χ4n) is 2.56. The molecule has 19 heavy (non-hydrogen) atoms. The van der Waals surface area contributed by atoms with E-state index in [0.29, 0.717) is 5.56 Å². The Labute approximate surface area is 127 Å². The smallest absolute Gasteiger partial charge is 0.336 e. The molecule has 3 rings (SSSR count). The Morgan fingerprint density at radius 3 is 2.32 bits per heavy atom. The molecular formula is C15H10Br2O2. The Balaban J connectivity index is 2.38. The topological polar surface area (TPSA) is 37.3 Å². The van der Waals surface area contributed by atoms with Crippen LogP contribution in [0.1, 0.15) is 31.1 Å². The summed E-state index contributed by atoms with van der Waals surface area (Å²) >= 11 is 7.36. The van der Waals surface area contributed by atoms with E-state index < -0.39 is 5.97 Å². The number of fused-ring (bicyclic) bond motifs is 3. The van der Waals surface area contributed by atoms with E-state index in [1.54, 1.807) is 12.1 Å². The molecule has 96 valence electrons. The van der Waals surface area contributed by atoms with E-state index in [0.717, 1.165) is 22.3 Å². The summed E-state index contributed by atoms with van der Waals surface area (Å²) in [5, 5.41) is 9.39. The molecule has 2 atom stereocenters. The normalized spacial score (nSPS) is 20.5. The number of carboxylic acid groups (broad SMARTS) is 1. The van der Waals surface area contributed by atoms with Gasteiger partial charge < -0.3 is 5.11 Å². The molecule has 1 aliphatic carbocycles. The molecule has 0 bridgehead atoms. The van der Waals surface area contributed by atoms with Gasteiger partial charge in [-0.25, -0.2) is 4.79 Å². The summed E-state index contributed by atoms with van der Waals surface area (Å²) in [6, 6.07) is 13.4. The van der Waals surface area contributed by atoms with Gasteiger partial charge in [-0.2, -0.15) is 0 Å².